The number of ether oxygens (including phenoxy) is 2. The van der Waals surface area contributed by atoms with E-state index in [0.717, 1.165) is 0 Å². The van der Waals surface area contributed by atoms with E-state index in [-0.39, 0.29) is 31.4 Å². The van der Waals surface area contributed by atoms with Crippen molar-refractivity contribution < 1.29 is 23.5 Å². The number of anilines is 1. The summed E-state index contributed by atoms with van der Waals surface area (Å²) < 4.78 is 15.9. The number of aromatic nitrogens is 2. The van der Waals surface area contributed by atoms with Gasteiger partial charge in [-0.05, 0) is 19.1 Å². The van der Waals surface area contributed by atoms with Gasteiger partial charge in [0.25, 0.3) is 5.89 Å². The molecule has 0 bridgehead atoms. The number of amides is 1. The van der Waals surface area contributed by atoms with Gasteiger partial charge in [-0.3, -0.25) is 9.59 Å². The summed E-state index contributed by atoms with van der Waals surface area (Å²) in [6, 6.07) is 7.27. The average molecular weight is 345 g/mol. The highest BCUT2D eigenvalue weighted by Crippen LogP contribution is 2.33. The molecule has 0 N–H and O–H groups in total. The van der Waals surface area contributed by atoms with Crippen molar-refractivity contribution in [3.63, 3.8) is 0 Å². The van der Waals surface area contributed by atoms with E-state index in [2.05, 4.69) is 10.2 Å². The molecule has 0 saturated carbocycles. The molecular formula is C17H19N3O5. The second-order valence-corrected chi connectivity index (χ2v) is 5.63. The Morgan fingerprint density at radius 3 is 2.88 bits per heavy atom. The van der Waals surface area contributed by atoms with Crippen LogP contribution in [0, 0.1) is 12.8 Å². The molecule has 25 heavy (non-hydrogen) atoms. The molecule has 8 nitrogen and oxygen atoms in total. The zero-order valence-electron chi connectivity index (χ0n) is 14.1. The number of benzene rings is 1. The molecule has 132 valence electrons. The van der Waals surface area contributed by atoms with Crippen molar-refractivity contribution in [3.8, 4) is 5.75 Å². The minimum absolute atomic E-state index is 0.0973. The normalized spacial score (nSPS) is 17.0. The van der Waals surface area contributed by atoms with Crippen LogP contribution in [0.5, 0.6) is 5.75 Å². The highest BCUT2D eigenvalue weighted by molar-refractivity contribution is 6.00. The lowest BCUT2D eigenvalue weighted by Crippen LogP contribution is -2.27. The quantitative estimate of drug-likeness (QED) is 0.738. The number of para-hydroxylation sites is 2. The van der Waals surface area contributed by atoms with Gasteiger partial charge in [0.2, 0.25) is 11.8 Å². The van der Waals surface area contributed by atoms with Crippen LogP contribution in [0.4, 0.5) is 5.69 Å². The van der Waals surface area contributed by atoms with Crippen molar-refractivity contribution in [1.29, 1.82) is 0 Å². The van der Waals surface area contributed by atoms with Crippen LogP contribution in [0.1, 0.15) is 25.1 Å². The van der Waals surface area contributed by atoms with Crippen LogP contribution in [0.3, 0.4) is 0 Å². The summed E-state index contributed by atoms with van der Waals surface area (Å²) in [5.74, 6) is 0.123. The Kier molecular flexibility index (Phi) is 4.97. The van der Waals surface area contributed by atoms with Crippen molar-refractivity contribution in [2.45, 2.75) is 26.9 Å². The molecule has 8 heteroatoms. The van der Waals surface area contributed by atoms with Crippen molar-refractivity contribution in [2.24, 2.45) is 5.92 Å². The Labute approximate surface area is 144 Å². The predicted octanol–water partition coefficient (Wildman–Crippen LogP) is 1.87. The molecule has 1 aliphatic rings. The van der Waals surface area contributed by atoms with Gasteiger partial charge in [0.05, 0.1) is 18.2 Å². The van der Waals surface area contributed by atoms with E-state index in [9.17, 15) is 9.59 Å². The number of esters is 1. The first-order valence-electron chi connectivity index (χ1n) is 8.06. The fourth-order valence-electron chi connectivity index (χ4n) is 2.70. The highest BCUT2D eigenvalue weighted by atomic mass is 16.5. The molecule has 3 rings (SSSR count). The number of hydrogen-bond donors (Lipinski definition) is 0. The predicted molar refractivity (Wildman–Crippen MR) is 86.9 cm³/mol. The maximum Gasteiger partial charge on any atom is 0.311 e. The third-order valence-electron chi connectivity index (χ3n) is 3.82. The van der Waals surface area contributed by atoms with Crippen LogP contribution in [0.25, 0.3) is 0 Å². The van der Waals surface area contributed by atoms with E-state index in [0.29, 0.717) is 23.9 Å². The largest absolute Gasteiger partial charge is 0.492 e. The molecule has 2 heterocycles. The minimum Gasteiger partial charge on any atom is -0.492 e. The summed E-state index contributed by atoms with van der Waals surface area (Å²) in [5.41, 5.74) is 0.664. The molecule has 1 aromatic heterocycles. The molecule has 1 amide bonds. The van der Waals surface area contributed by atoms with Crippen LogP contribution in [-0.2, 0) is 20.9 Å². The van der Waals surface area contributed by atoms with E-state index in [1.807, 2.05) is 19.1 Å². The average Bonchev–Trinajstić information content (AvgIpc) is 3.19. The number of nitrogens with zero attached hydrogens (tertiary/aromatic N) is 3. The Balaban J connectivity index is 1.65. The van der Waals surface area contributed by atoms with Gasteiger partial charge in [0.1, 0.15) is 5.75 Å². The lowest BCUT2D eigenvalue weighted by Gasteiger charge is -2.19. The summed E-state index contributed by atoms with van der Waals surface area (Å²) in [6.07, 6.45) is 0.0994. The zero-order valence-corrected chi connectivity index (χ0v) is 14.1. The molecular weight excluding hydrogens is 326 g/mol. The number of carbonyl (C=O) groups excluding carboxylic acids is 2. The van der Waals surface area contributed by atoms with Crippen LogP contribution >= 0.6 is 0 Å². The standard InChI is InChI=1S/C17H19N3O5/c1-3-23-14-7-5-4-6-13(14)20-9-12(8-16(20)21)17(22)24-10-15-19-18-11(2)25-15/h4-7,12H,3,8-10H2,1-2H3/t12-/m1/s1. The van der Waals surface area contributed by atoms with E-state index >= 15 is 0 Å². The van der Waals surface area contributed by atoms with E-state index in [1.54, 1.807) is 24.0 Å². The Morgan fingerprint density at radius 1 is 1.36 bits per heavy atom. The number of rotatable bonds is 6. The second kappa shape index (κ2) is 7.33. The summed E-state index contributed by atoms with van der Waals surface area (Å²) in [6.45, 7) is 4.18. The molecule has 1 aromatic carbocycles. The van der Waals surface area contributed by atoms with Gasteiger partial charge in [-0.1, -0.05) is 12.1 Å². The molecule has 1 fully saturated rings. The first-order valence-corrected chi connectivity index (χ1v) is 8.06. The molecule has 0 spiro atoms. The van der Waals surface area contributed by atoms with Crippen LogP contribution in [-0.4, -0.2) is 35.2 Å². The van der Waals surface area contributed by atoms with E-state index in [4.69, 9.17) is 13.9 Å². The third kappa shape index (κ3) is 3.78. The third-order valence-corrected chi connectivity index (χ3v) is 3.82. The lowest BCUT2D eigenvalue weighted by molar-refractivity contribution is -0.150. The summed E-state index contributed by atoms with van der Waals surface area (Å²) in [5, 5.41) is 7.43. The molecule has 2 aromatic rings. The fourth-order valence-corrected chi connectivity index (χ4v) is 2.70. The molecule has 1 saturated heterocycles. The zero-order chi connectivity index (χ0) is 17.8. The van der Waals surface area contributed by atoms with Gasteiger partial charge in [-0.25, -0.2) is 0 Å². The number of aryl methyl sites for hydroxylation is 1. The monoisotopic (exact) mass is 345 g/mol. The number of carbonyl (C=O) groups is 2. The second-order valence-electron chi connectivity index (χ2n) is 5.63. The van der Waals surface area contributed by atoms with Gasteiger partial charge < -0.3 is 18.8 Å². The van der Waals surface area contributed by atoms with Gasteiger partial charge in [0, 0.05) is 19.9 Å². The van der Waals surface area contributed by atoms with Crippen LogP contribution in [0.15, 0.2) is 28.7 Å². The fraction of sp³-hybridized carbons (Fsp3) is 0.412. The van der Waals surface area contributed by atoms with Gasteiger partial charge >= 0.3 is 5.97 Å². The van der Waals surface area contributed by atoms with Crippen LogP contribution < -0.4 is 9.64 Å². The van der Waals surface area contributed by atoms with Crippen molar-refractivity contribution in [1.82, 2.24) is 10.2 Å². The first kappa shape index (κ1) is 16.9. The Hall–Kier alpha value is -2.90. The SMILES string of the molecule is CCOc1ccccc1N1C[C@H](C(=O)OCc2nnc(C)o2)CC1=O. The summed E-state index contributed by atoms with van der Waals surface area (Å²) >= 11 is 0. The topological polar surface area (TPSA) is 94.8 Å². The van der Waals surface area contributed by atoms with Crippen molar-refractivity contribution in [2.75, 3.05) is 18.1 Å². The molecule has 1 aliphatic heterocycles. The summed E-state index contributed by atoms with van der Waals surface area (Å²) in [7, 11) is 0. The van der Waals surface area contributed by atoms with Crippen molar-refractivity contribution >= 4 is 17.6 Å². The molecule has 0 radical (unpaired) electrons. The number of hydrogen-bond acceptors (Lipinski definition) is 7. The van der Waals surface area contributed by atoms with Crippen molar-refractivity contribution in [3.05, 3.63) is 36.0 Å². The first-order chi connectivity index (χ1) is 12.1. The molecule has 0 aliphatic carbocycles. The van der Waals surface area contributed by atoms with Gasteiger partial charge in [-0.15, -0.1) is 10.2 Å². The maximum atomic E-state index is 12.3. The Morgan fingerprint density at radius 2 is 2.16 bits per heavy atom. The minimum atomic E-state index is -0.536. The smallest absolute Gasteiger partial charge is 0.311 e. The Bertz CT molecular complexity index is 773. The maximum absolute atomic E-state index is 12.3. The highest BCUT2D eigenvalue weighted by Gasteiger charge is 2.37. The van der Waals surface area contributed by atoms with Gasteiger partial charge in [-0.2, -0.15) is 0 Å². The molecule has 0 unspecified atom stereocenters. The summed E-state index contributed by atoms with van der Waals surface area (Å²) in [4.78, 5) is 26.1. The molecule has 1 atom stereocenters. The van der Waals surface area contributed by atoms with Gasteiger partial charge in [0.15, 0.2) is 6.61 Å². The van der Waals surface area contributed by atoms with E-state index < -0.39 is 11.9 Å². The van der Waals surface area contributed by atoms with Crippen LogP contribution in [0.2, 0.25) is 0 Å². The van der Waals surface area contributed by atoms with E-state index in [1.165, 1.54) is 0 Å². The lowest BCUT2D eigenvalue weighted by atomic mass is 10.1.